The number of carbonyl (C=O) groups excluding carboxylic acids is 1. The highest BCUT2D eigenvalue weighted by atomic mass is 32.2. The van der Waals surface area contributed by atoms with Crippen LogP contribution in [0.3, 0.4) is 0 Å². The Hall–Kier alpha value is -1.81. The molecule has 0 aliphatic carbocycles. The van der Waals surface area contributed by atoms with Gasteiger partial charge in [-0.25, -0.2) is 0 Å². The summed E-state index contributed by atoms with van der Waals surface area (Å²) in [4.78, 5) is 16.5. The summed E-state index contributed by atoms with van der Waals surface area (Å²) in [6.45, 7) is 1.96. The fourth-order valence-corrected chi connectivity index (χ4v) is 2.49. The quantitative estimate of drug-likeness (QED) is 0.792. The van der Waals surface area contributed by atoms with Crippen LogP contribution in [0.25, 0.3) is 0 Å². The average molecular weight is 259 g/mol. The van der Waals surface area contributed by atoms with Gasteiger partial charge >= 0.3 is 0 Å². The van der Waals surface area contributed by atoms with Gasteiger partial charge in [0.2, 0.25) is 0 Å². The molecule has 1 aromatic heterocycles. The van der Waals surface area contributed by atoms with Crippen molar-refractivity contribution < 1.29 is 9.00 Å². The molecule has 0 saturated carbocycles. The van der Waals surface area contributed by atoms with E-state index in [-0.39, 0.29) is 11.5 Å². The smallest absolute Gasteiger partial charge is 0.193 e. The van der Waals surface area contributed by atoms with E-state index in [0.29, 0.717) is 10.6 Å². The first kappa shape index (κ1) is 12.6. The Morgan fingerprint density at radius 1 is 1.17 bits per heavy atom. The molecule has 0 aliphatic heterocycles. The third kappa shape index (κ3) is 3.11. The van der Waals surface area contributed by atoms with Gasteiger partial charge in [-0.15, -0.1) is 0 Å². The Labute approximate surface area is 108 Å². The molecule has 0 unspecified atom stereocenters. The summed E-state index contributed by atoms with van der Waals surface area (Å²) >= 11 is 0. The Morgan fingerprint density at radius 2 is 1.89 bits per heavy atom. The summed E-state index contributed by atoms with van der Waals surface area (Å²) in [5.74, 6) is -0.227. The first-order valence-electron chi connectivity index (χ1n) is 5.56. The van der Waals surface area contributed by atoms with E-state index < -0.39 is 10.8 Å². The van der Waals surface area contributed by atoms with E-state index >= 15 is 0 Å². The van der Waals surface area contributed by atoms with Crippen molar-refractivity contribution >= 4 is 16.6 Å². The maximum atomic E-state index is 12.0. The molecule has 1 aromatic carbocycles. The maximum absolute atomic E-state index is 12.0. The van der Waals surface area contributed by atoms with E-state index in [0.717, 1.165) is 5.56 Å². The Kier molecular flexibility index (Phi) is 3.99. The van der Waals surface area contributed by atoms with Crippen molar-refractivity contribution in [3.63, 3.8) is 0 Å². The number of rotatable bonds is 4. The van der Waals surface area contributed by atoms with Gasteiger partial charge in [0.15, 0.2) is 5.78 Å². The van der Waals surface area contributed by atoms with Crippen molar-refractivity contribution in [1.82, 2.24) is 4.98 Å². The normalized spacial score (nSPS) is 12.1. The molecule has 3 nitrogen and oxygen atoms in total. The predicted molar refractivity (Wildman–Crippen MR) is 71.0 cm³/mol. The van der Waals surface area contributed by atoms with Crippen LogP contribution in [0.1, 0.15) is 16.1 Å². The molecule has 0 N–H and O–H groups in total. The van der Waals surface area contributed by atoms with Crippen LogP contribution in [0.2, 0.25) is 0 Å². The van der Waals surface area contributed by atoms with E-state index in [9.17, 15) is 9.00 Å². The van der Waals surface area contributed by atoms with Crippen LogP contribution < -0.4 is 0 Å². The minimum atomic E-state index is -1.31. The topological polar surface area (TPSA) is 47.0 Å². The van der Waals surface area contributed by atoms with E-state index in [1.165, 1.54) is 0 Å². The van der Waals surface area contributed by atoms with Crippen molar-refractivity contribution in [2.24, 2.45) is 0 Å². The molecule has 2 rings (SSSR count). The molecule has 0 aliphatic rings. The van der Waals surface area contributed by atoms with Gasteiger partial charge in [0.05, 0.1) is 16.6 Å². The summed E-state index contributed by atoms with van der Waals surface area (Å²) in [5.41, 5.74) is 1.46. The van der Waals surface area contributed by atoms with Crippen LogP contribution in [0.15, 0.2) is 53.6 Å². The number of hydrogen-bond acceptors (Lipinski definition) is 3. The zero-order valence-electron chi connectivity index (χ0n) is 10.00. The minimum Gasteiger partial charge on any atom is -0.291 e. The highest BCUT2D eigenvalue weighted by Gasteiger charge is 2.12. The molecule has 4 heteroatoms. The molecule has 0 bridgehead atoms. The lowest BCUT2D eigenvalue weighted by Crippen LogP contribution is -2.12. The van der Waals surface area contributed by atoms with Gasteiger partial charge in [-0.05, 0) is 31.2 Å². The zero-order chi connectivity index (χ0) is 13.0. The number of aromatic nitrogens is 1. The van der Waals surface area contributed by atoms with Gasteiger partial charge < -0.3 is 0 Å². The monoisotopic (exact) mass is 259 g/mol. The Balaban J connectivity index is 2.08. The molecule has 0 spiro atoms. The second kappa shape index (κ2) is 5.69. The molecule has 0 saturated heterocycles. The summed E-state index contributed by atoms with van der Waals surface area (Å²) < 4.78 is 12.0. The van der Waals surface area contributed by atoms with Crippen molar-refractivity contribution in [1.29, 1.82) is 0 Å². The number of benzene rings is 1. The third-order valence-corrected chi connectivity index (χ3v) is 3.82. The first-order chi connectivity index (χ1) is 8.66. The van der Waals surface area contributed by atoms with Crippen LogP contribution in [0.5, 0.6) is 0 Å². The van der Waals surface area contributed by atoms with Crippen LogP contribution in [0.4, 0.5) is 0 Å². The molecule has 1 atom stereocenters. The molecule has 0 radical (unpaired) electrons. The van der Waals surface area contributed by atoms with E-state index in [1.807, 2.05) is 19.1 Å². The second-order valence-corrected chi connectivity index (χ2v) is 5.39. The lowest BCUT2D eigenvalue weighted by molar-refractivity contribution is 0.101. The van der Waals surface area contributed by atoms with Crippen molar-refractivity contribution in [3.8, 4) is 0 Å². The van der Waals surface area contributed by atoms with E-state index in [2.05, 4.69) is 4.98 Å². The number of Topliss-reactive ketones (excluding diaryl/α,β-unsaturated/α-hetero) is 1. The van der Waals surface area contributed by atoms with Gasteiger partial charge in [-0.2, -0.15) is 0 Å². The number of ketones is 1. The molecule has 0 amide bonds. The molecule has 92 valence electrons. The van der Waals surface area contributed by atoms with Gasteiger partial charge in [0, 0.05) is 11.1 Å². The average Bonchev–Trinajstić information content (AvgIpc) is 2.40. The highest BCUT2D eigenvalue weighted by molar-refractivity contribution is 7.85. The first-order valence-corrected chi connectivity index (χ1v) is 6.88. The molecular formula is C14H13NO2S. The van der Waals surface area contributed by atoms with Gasteiger partial charge in [-0.1, -0.05) is 23.8 Å². The lowest BCUT2D eigenvalue weighted by atomic mass is 10.2. The fraction of sp³-hybridized carbons (Fsp3) is 0.143. The highest BCUT2D eigenvalue weighted by Crippen LogP contribution is 2.09. The zero-order valence-corrected chi connectivity index (χ0v) is 10.8. The molecular weight excluding hydrogens is 246 g/mol. The van der Waals surface area contributed by atoms with Crippen molar-refractivity contribution in [2.75, 3.05) is 5.75 Å². The fourth-order valence-electron chi connectivity index (χ4n) is 1.49. The molecule has 18 heavy (non-hydrogen) atoms. The summed E-state index contributed by atoms with van der Waals surface area (Å²) in [6, 6.07) is 12.5. The minimum absolute atomic E-state index is 0.0277. The van der Waals surface area contributed by atoms with Gasteiger partial charge in [-0.3, -0.25) is 14.0 Å². The number of aryl methyl sites for hydroxylation is 1. The van der Waals surface area contributed by atoms with Crippen LogP contribution >= 0.6 is 0 Å². The summed E-state index contributed by atoms with van der Waals surface area (Å²) in [7, 11) is -1.31. The Bertz CT molecular complexity index is 564. The number of nitrogens with zero attached hydrogens (tertiary/aromatic N) is 1. The Morgan fingerprint density at radius 3 is 2.50 bits per heavy atom. The van der Waals surface area contributed by atoms with Gasteiger partial charge in [0.25, 0.3) is 0 Å². The molecule has 2 aromatic rings. The van der Waals surface area contributed by atoms with Crippen LogP contribution in [-0.2, 0) is 10.8 Å². The van der Waals surface area contributed by atoms with Crippen LogP contribution in [0, 0.1) is 6.92 Å². The predicted octanol–water partition coefficient (Wildman–Crippen LogP) is 2.38. The number of hydrogen-bond donors (Lipinski definition) is 0. The van der Waals surface area contributed by atoms with E-state index in [1.54, 1.807) is 36.5 Å². The standard InChI is InChI=1S/C14H13NO2S/c1-11-5-7-12(8-6-11)18(17)10-14(16)13-4-2-3-9-15-13/h2-9H,10H2,1H3/t18-/m0/s1. The summed E-state index contributed by atoms with van der Waals surface area (Å²) in [5, 5.41) is 0. The van der Waals surface area contributed by atoms with Crippen LogP contribution in [-0.4, -0.2) is 20.7 Å². The van der Waals surface area contributed by atoms with E-state index in [4.69, 9.17) is 0 Å². The van der Waals surface area contributed by atoms with Crippen molar-refractivity contribution in [2.45, 2.75) is 11.8 Å². The lowest BCUT2D eigenvalue weighted by Gasteiger charge is -2.02. The number of carbonyl (C=O) groups is 1. The van der Waals surface area contributed by atoms with Crippen molar-refractivity contribution in [3.05, 3.63) is 59.9 Å². The van der Waals surface area contributed by atoms with Gasteiger partial charge in [0.1, 0.15) is 5.69 Å². The SMILES string of the molecule is Cc1ccc([S@@](=O)CC(=O)c2ccccn2)cc1. The second-order valence-electron chi connectivity index (χ2n) is 3.94. The molecule has 0 fully saturated rings. The summed E-state index contributed by atoms with van der Waals surface area (Å²) in [6.07, 6.45) is 1.56. The molecule has 1 heterocycles. The maximum Gasteiger partial charge on any atom is 0.193 e. The largest absolute Gasteiger partial charge is 0.291 e. The number of pyridine rings is 1. The third-order valence-electron chi connectivity index (χ3n) is 2.50.